The lowest BCUT2D eigenvalue weighted by Crippen LogP contribution is -2.33. The van der Waals surface area contributed by atoms with Crippen LogP contribution in [-0.4, -0.2) is 28.9 Å². The molecule has 0 aliphatic carbocycles. The average Bonchev–Trinajstić information content (AvgIpc) is 2.40. The molecule has 0 atom stereocenters. The minimum atomic E-state index is 0.745. The van der Waals surface area contributed by atoms with Gasteiger partial charge in [0.15, 0.2) is 0 Å². The summed E-state index contributed by atoms with van der Waals surface area (Å²) < 4.78 is 0. The number of hydrogen-bond donors (Lipinski definition) is 1. The zero-order valence-electron chi connectivity index (χ0n) is 9.63. The molecule has 1 aliphatic rings. The van der Waals surface area contributed by atoms with Crippen LogP contribution >= 0.6 is 0 Å². The van der Waals surface area contributed by atoms with Gasteiger partial charge >= 0.3 is 0 Å². The van der Waals surface area contributed by atoms with Gasteiger partial charge in [0.25, 0.3) is 0 Å². The zero-order valence-corrected chi connectivity index (χ0v) is 9.63. The molecule has 2 rings (SSSR count). The van der Waals surface area contributed by atoms with E-state index in [1.165, 1.54) is 0 Å². The van der Waals surface area contributed by atoms with E-state index in [-0.39, 0.29) is 0 Å². The van der Waals surface area contributed by atoms with Crippen molar-refractivity contribution < 1.29 is 5.21 Å². The van der Waals surface area contributed by atoms with Gasteiger partial charge in [-0.2, -0.15) is 5.26 Å². The molecule has 0 saturated carbocycles. The fourth-order valence-electron chi connectivity index (χ4n) is 2.08. The van der Waals surface area contributed by atoms with Crippen molar-refractivity contribution in [2.24, 2.45) is 5.16 Å². The molecular weight excluding hydrogens is 214 g/mol. The van der Waals surface area contributed by atoms with Crippen LogP contribution in [0.5, 0.6) is 0 Å². The van der Waals surface area contributed by atoms with Crippen molar-refractivity contribution in [3.63, 3.8) is 0 Å². The maximum absolute atomic E-state index is 9.01. The van der Waals surface area contributed by atoms with Gasteiger partial charge in [0.05, 0.1) is 17.3 Å². The SMILES string of the molecule is N#Cc1ccccc1CN1CCC(=NO)CC1. The Morgan fingerprint density at radius 1 is 1.29 bits per heavy atom. The van der Waals surface area contributed by atoms with E-state index < -0.39 is 0 Å². The summed E-state index contributed by atoms with van der Waals surface area (Å²) in [6.07, 6.45) is 1.62. The minimum absolute atomic E-state index is 0.745. The Bertz CT molecular complexity index is 452. The third kappa shape index (κ3) is 2.83. The Kier molecular flexibility index (Phi) is 3.73. The maximum Gasteiger partial charge on any atom is 0.0995 e. The van der Waals surface area contributed by atoms with Crippen LogP contribution in [0.25, 0.3) is 0 Å². The number of hydrogen-bond acceptors (Lipinski definition) is 4. The van der Waals surface area contributed by atoms with Gasteiger partial charge in [-0.15, -0.1) is 0 Å². The smallest absolute Gasteiger partial charge is 0.0995 e. The van der Waals surface area contributed by atoms with Crippen LogP contribution in [0.2, 0.25) is 0 Å². The Hall–Kier alpha value is -1.86. The fourth-order valence-corrected chi connectivity index (χ4v) is 2.08. The summed E-state index contributed by atoms with van der Waals surface area (Å²) in [7, 11) is 0. The van der Waals surface area contributed by atoms with Gasteiger partial charge in [0.1, 0.15) is 0 Å². The second-order valence-corrected chi connectivity index (χ2v) is 4.21. The molecular formula is C13H15N3O. The number of likely N-dealkylation sites (tertiary alicyclic amines) is 1. The molecule has 1 fully saturated rings. The number of nitriles is 1. The third-order valence-electron chi connectivity index (χ3n) is 3.11. The summed E-state index contributed by atoms with van der Waals surface area (Å²) in [5, 5.41) is 20.9. The fraction of sp³-hybridized carbons (Fsp3) is 0.385. The van der Waals surface area contributed by atoms with E-state index in [9.17, 15) is 0 Å². The van der Waals surface area contributed by atoms with Crippen LogP contribution in [0.3, 0.4) is 0 Å². The molecule has 17 heavy (non-hydrogen) atoms. The third-order valence-corrected chi connectivity index (χ3v) is 3.11. The molecule has 0 aromatic heterocycles. The van der Waals surface area contributed by atoms with Gasteiger partial charge in [-0.1, -0.05) is 23.4 Å². The Morgan fingerprint density at radius 3 is 2.65 bits per heavy atom. The highest BCUT2D eigenvalue weighted by Gasteiger charge is 2.16. The van der Waals surface area contributed by atoms with Crippen LogP contribution in [0.4, 0.5) is 0 Å². The first-order valence-electron chi connectivity index (χ1n) is 5.73. The minimum Gasteiger partial charge on any atom is -0.411 e. The Balaban J connectivity index is 2.00. The van der Waals surface area contributed by atoms with Crippen molar-refractivity contribution in [2.45, 2.75) is 19.4 Å². The first-order valence-corrected chi connectivity index (χ1v) is 5.73. The first-order chi connectivity index (χ1) is 8.33. The van der Waals surface area contributed by atoms with Crippen LogP contribution in [0, 0.1) is 11.3 Å². The summed E-state index contributed by atoms with van der Waals surface area (Å²) in [4.78, 5) is 2.28. The van der Waals surface area contributed by atoms with Gasteiger partial charge in [-0.05, 0) is 11.6 Å². The van der Waals surface area contributed by atoms with E-state index >= 15 is 0 Å². The van der Waals surface area contributed by atoms with E-state index in [2.05, 4.69) is 16.1 Å². The van der Waals surface area contributed by atoms with Crippen molar-refractivity contribution in [2.75, 3.05) is 13.1 Å². The highest BCUT2D eigenvalue weighted by Crippen LogP contribution is 2.14. The van der Waals surface area contributed by atoms with Gasteiger partial charge in [0, 0.05) is 32.5 Å². The summed E-state index contributed by atoms with van der Waals surface area (Å²) in [6.45, 7) is 2.57. The Morgan fingerprint density at radius 2 is 2.00 bits per heavy atom. The molecule has 0 radical (unpaired) electrons. The molecule has 4 nitrogen and oxygen atoms in total. The van der Waals surface area contributed by atoms with E-state index in [0.29, 0.717) is 0 Å². The van der Waals surface area contributed by atoms with Gasteiger partial charge in [0.2, 0.25) is 0 Å². The molecule has 0 spiro atoms. The highest BCUT2D eigenvalue weighted by molar-refractivity contribution is 5.84. The molecule has 1 aliphatic heterocycles. The Labute approximate surface area is 101 Å². The maximum atomic E-state index is 9.01. The second-order valence-electron chi connectivity index (χ2n) is 4.21. The molecule has 0 unspecified atom stereocenters. The number of piperidine rings is 1. The topological polar surface area (TPSA) is 59.6 Å². The van der Waals surface area contributed by atoms with Crippen LogP contribution < -0.4 is 0 Å². The summed E-state index contributed by atoms with van der Waals surface area (Å²) in [5.41, 5.74) is 2.68. The number of benzene rings is 1. The number of rotatable bonds is 2. The predicted octanol–water partition coefficient (Wildman–Crippen LogP) is 1.98. The van der Waals surface area contributed by atoms with Gasteiger partial charge in [-0.25, -0.2) is 0 Å². The lowest BCUT2D eigenvalue weighted by Gasteiger charge is -2.27. The monoisotopic (exact) mass is 229 g/mol. The zero-order chi connectivity index (χ0) is 12.1. The summed E-state index contributed by atoms with van der Waals surface area (Å²) >= 11 is 0. The van der Waals surface area contributed by atoms with E-state index in [1.54, 1.807) is 0 Å². The van der Waals surface area contributed by atoms with E-state index in [0.717, 1.165) is 49.3 Å². The number of nitrogens with zero attached hydrogens (tertiary/aromatic N) is 3. The second kappa shape index (κ2) is 5.46. The normalized spacial score (nSPS) is 16.5. The highest BCUT2D eigenvalue weighted by atomic mass is 16.4. The van der Waals surface area contributed by atoms with Gasteiger partial charge in [-0.3, -0.25) is 4.90 Å². The number of oxime groups is 1. The van der Waals surface area contributed by atoms with Crippen molar-refractivity contribution in [3.05, 3.63) is 35.4 Å². The average molecular weight is 229 g/mol. The largest absolute Gasteiger partial charge is 0.411 e. The molecule has 4 heteroatoms. The van der Waals surface area contributed by atoms with Crippen molar-refractivity contribution in [3.8, 4) is 6.07 Å². The predicted molar refractivity (Wildman–Crippen MR) is 64.9 cm³/mol. The molecule has 0 amide bonds. The van der Waals surface area contributed by atoms with Crippen molar-refractivity contribution >= 4 is 5.71 Å². The van der Waals surface area contributed by atoms with Crippen LogP contribution in [0.15, 0.2) is 29.4 Å². The van der Waals surface area contributed by atoms with Crippen LogP contribution in [-0.2, 0) is 6.54 Å². The van der Waals surface area contributed by atoms with Gasteiger partial charge < -0.3 is 5.21 Å². The summed E-state index contributed by atoms with van der Waals surface area (Å²) in [6, 6.07) is 9.90. The van der Waals surface area contributed by atoms with Crippen molar-refractivity contribution in [1.29, 1.82) is 5.26 Å². The van der Waals surface area contributed by atoms with E-state index in [4.69, 9.17) is 10.5 Å². The van der Waals surface area contributed by atoms with Crippen LogP contribution in [0.1, 0.15) is 24.0 Å². The lowest BCUT2D eigenvalue weighted by atomic mass is 10.1. The molecule has 0 bridgehead atoms. The molecule has 1 aromatic carbocycles. The molecule has 88 valence electrons. The molecule has 1 N–H and O–H groups in total. The molecule has 1 aromatic rings. The van der Waals surface area contributed by atoms with E-state index in [1.807, 2.05) is 24.3 Å². The summed E-state index contributed by atoms with van der Waals surface area (Å²) in [5.74, 6) is 0. The standard InChI is InChI=1S/C13H15N3O/c14-9-11-3-1-2-4-12(11)10-16-7-5-13(15-17)6-8-16/h1-4,17H,5-8,10H2. The van der Waals surface area contributed by atoms with Crippen molar-refractivity contribution in [1.82, 2.24) is 4.90 Å². The molecule has 1 heterocycles. The first kappa shape index (κ1) is 11.6. The quantitative estimate of drug-likeness (QED) is 0.623. The lowest BCUT2D eigenvalue weighted by molar-refractivity contribution is 0.256. The molecule has 1 saturated heterocycles.